The van der Waals surface area contributed by atoms with Gasteiger partial charge >= 0.3 is 12.2 Å². The summed E-state index contributed by atoms with van der Waals surface area (Å²) >= 11 is 0. The van der Waals surface area contributed by atoms with Gasteiger partial charge in [0, 0.05) is 7.05 Å². The second-order valence-corrected chi connectivity index (χ2v) is 8.66. The van der Waals surface area contributed by atoms with E-state index in [1.807, 2.05) is 13.0 Å². The van der Waals surface area contributed by atoms with Gasteiger partial charge in [-0.2, -0.15) is 13.2 Å². The maximum absolute atomic E-state index is 13.3. The number of rotatable bonds is 3. The lowest BCUT2D eigenvalue weighted by atomic mass is 9.90. The van der Waals surface area contributed by atoms with Crippen molar-refractivity contribution in [1.82, 2.24) is 29.4 Å². The molecule has 1 unspecified atom stereocenters. The van der Waals surface area contributed by atoms with Crippen LogP contribution in [-0.2, 0) is 30.1 Å². The number of fused-ring (bicyclic) bond motifs is 3. The molecule has 0 bridgehead atoms. The molecule has 0 saturated carbocycles. The molecule has 1 N–H and O–H groups in total. The highest BCUT2D eigenvalue weighted by molar-refractivity contribution is 6.07. The molecular formula is C23H19F3N6O3. The second-order valence-electron chi connectivity index (χ2n) is 8.66. The molecule has 3 amide bonds. The number of nitrogens with zero attached hydrogens (tertiary/aromatic N) is 5. The van der Waals surface area contributed by atoms with E-state index < -0.39 is 29.2 Å². The Morgan fingerprint density at radius 1 is 1.06 bits per heavy atom. The second kappa shape index (κ2) is 7.39. The quantitative estimate of drug-likeness (QED) is 0.451. The first-order valence-corrected chi connectivity index (χ1v) is 10.6. The molecule has 0 aliphatic carbocycles. The number of imide groups is 1. The summed E-state index contributed by atoms with van der Waals surface area (Å²) < 4.78 is 42.6. The van der Waals surface area contributed by atoms with Crippen molar-refractivity contribution in [3.8, 4) is 0 Å². The van der Waals surface area contributed by atoms with Crippen LogP contribution in [-0.4, -0.2) is 36.0 Å². The number of aryl methyl sites for hydroxylation is 2. The Kier molecular flexibility index (Phi) is 4.76. The number of hydrogen-bond acceptors (Lipinski definition) is 5. The molecule has 180 valence electrons. The monoisotopic (exact) mass is 484 g/mol. The standard InChI is InChI=1S/C23H19F3N6O3/c1-12-7-8-16-15(9-12)18(33)30(3)20-29-28-17(32(16)20)11-31-19(34)22(2,27-21(31)35)13-5-4-6-14(10-13)23(24,25)26/h4-10H,11H2,1-3H3,(H,27,35). The molecule has 1 aliphatic rings. The van der Waals surface area contributed by atoms with Crippen molar-refractivity contribution in [2.75, 3.05) is 0 Å². The minimum absolute atomic E-state index is 0.00241. The molecule has 2 aromatic heterocycles. The van der Waals surface area contributed by atoms with Crippen molar-refractivity contribution in [3.05, 3.63) is 75.3 Å². The minimum atomic E-state index is -4.60. The van der Waals surface area contributed by atoms with Crippen LogP contribution in [0.3, 0.4) is 0 Å². The van der Waals surface area contributed by atoms with Crippen molar-refractivity contribution >= 4 is 28.6 Å². The van der Waals surface area contributed by atoms with E-state index in [0.717, 1.165) is 22.6 Å². The number of benzene rings is 2. The maximum Gasteiger partial charge on any atom is 0.416 e. The molecule has 1 aliphatic heterocycles. The summed E-state index contributed by atoms with van der Waals surface area (Å²) in [5, 5.41) is 11.1. The molecule has 5 rings (SSSR count). The Balaban J connectivity index is 1.57. The summed E-state index contributed by atoms with van der Waals surface area (Å²) in [6.07, 6.45) is -4.60. The van der Waals surface area contributed by atoms with Crippen LogP contribution in [0.15, 0.2) is 47.3 Å². The number of alkyl halides is 3. The summed E-state index contributed by atoms with van der Waals surface area (Å²) in [6.45, 7) is 2.89. The molecule has 3 heterocycles. The number of halogens is 3. The van der Waals surface area contributed by atoms with E-state index in [2.05, 4.69) is 15.5 Å². The molecule has 12 heteroatoms. The van der Waals surface area contributed by atoms with Crippen molar-refractivity contribution in [1.29, 1.82) is 0 Å². The van der Waals surface area contributed by atoms with E-state index in [4.69, 9.17) is 0 Å². The highest BCUT2D eigenvalue weighted by atomic mass is 19.4. The first-order chi connectivity index (χ1) is 16.4. The highest BCUT2D eigenvalue weighted by Crippen LogP contribution is 2.35. The summed E-state index contributed by atoms with van der Waals surface area (Å²) in [7, 11) is 1.54. The molecule has 0 spiro atoms. The van der Waals surface area contributed by atoms with Crippen LogP contribution in [0.2, 0.25) is 0 Å². The zero-order valence-electron chi connectivity index (χ0n) is 18.8. The lowest BCUT2D eigenvalue weighted by molar-refractivity contribution is -0.138. The van der Waals surface area contributed by atoms with E-state index in [9.17, 15) is 27.6 Å². The number of urea groups is 1. The van der Waals surface area contributed by atoms with Crippen LogP contribution >= 0.6 is 0 Å². The zero-order chi connectivity index (χ0) is 25.3. The number of aromatic nitrogens is 4. The smallest absolute Gasteiger partial charge is 0.319 e. The summed E-state index contributed by atoms with van der Waals surface area (Å²) in [5.41, 5.74) is -1.53. The Bertz CT molecular complexity index is 1610. The van der Waals surface area contributed by atoms with Gasteiger partial charge in [0.2, 0.25) is 5.78 Å². The maximum atomic E-state index is 13.3. The van der Waals surface area contributed by atoms with Gasteiger partial charge in [-0.1, -0.05) is 23.8 Å². The predicted molar refractivity (Wildman–Crippen MR) is 118 cm³/mol. The third-order valence-electron chi connectivity index (χ3n) is 6.28. The van der Waals surface area contributed by atoms with E-state index in [0.29, 0.717) is 10.9 Å². The van der Waals surface area contributed by atoms with Gasteiger partial charge in [-0.25, -0.2) is 4.79 Å². The van der Waals surface area contributed by atoms with E-state index >= 15 is 0 Å². The fourth-order valence-electron chi connectivity index (χ4n) is 4.35. The molecule has 35 heavy (non-hydrogen) atoms. The van der Waals surface area contributed by atoms with Gasteiger partial charge < -0.3 is 5.32 Å². The summed E-state index contributed by atoms with van der Waals surface area (Å²) in [6, 6.07) is 8.76. The van der Waals surface area contributed by atoms with Gasteiger partial charge in [0.15, 0.2) is 5.82 Å². The Morgan fingerprint density at radius 3 is 2.51 bits per heavy atom. The van der Waals surface area contributed by atoms with Gasteiger partial charge in [0.25, 0.3) is 11.5 Å². The largest absolute Gasteiger partial charge is 0.416 e. The van der Waals surface area contributed by atoms with Crippen molar-refractivity contribution < 1.29 is 22.8 Å². The van der Waals surface area contributed by atoms with E-state index in [1.54, 1.807) is 16.5 Å². The van der Waals surface area contributed by atoms with Crippen molar-refractivity contribution in [3.63, 3.8) is 0 Å². The minimum Gasteiger partial charge on any atom is -0.319 e. The molecule has 1 saturated heterocycles. The Morgan fingerprint density at radius 2 is 1.80 bits per heavy atom. The fraction of sp³-hybridized carbons (Fsp3) is 0.261. The number of carbonyl (C=O) groups is 2. The number of hydrogen-bond donors (Lipinski definition) is 1. The number of carbonyl (C=O) groups excluding carboxylic acids is 2. The first kappa shape index (κ1) is 22.6. The van der Waals surface area contributed by atoms with Crippen molar-refractivity contribution in [2.24, 2.45) is 7.05 Å². The van der Waals surface area contributed by atoms with Crippen LogP contribution in [0.5, 0.6) is 0 Å². The van der Waals surface area contributed by atoms with Crippen LogP contribution in [0.1, 0.15) is 29.4 Å². The predicted octanol–water partition coefficient (Wildman–Crippen LogP) is 2.88. The van der Waals surface area contributed by atoms with E-state index in [1.165, 1.54) is 30.7 Å². The SMILES string of the molecule is Cc1ccc2c(c1)c(=O)n(C)c1nnc(CN3C(=O)NC(C)(c4cccc(C(F)(F)F)c4)C3=O)n21. The topological polar surface area (TPSA) is 102 Å². The molecule has 4 aromatic rings. The average Bonchev–Trinajstić information content (AvgIpc) is 3.32. The van der Waals surface area contributed by atoms with Crippen molar-refractivity contribution in [2.45, 2.75) is 32.1 Å². The Hall–Kier alpha value is -4.22. The third kappa shape index (κ3) is 3.35. The van der Waals surface area contributed by atoms with Crippen LogP contribution in [0, 0.1) is 6.92 Å². The lowest BCUT2D eigenvalue weighted by Gasteiger charge is -2.23. The molecule has 1 atom stereocenters. The van der Waals surface area contributed by atoms with Crippen LogP contribution in [0.4, 0.5) is 18.0 Å². The van der Waals surface area contributed by atoms with Gasteiger partial charge in [-0.3, -0.25) is 23.5 Å². The normalized spacial score (nSPS) is 18.6. The molecule has 1 fully saturated rings. The lowest BCUT2D eigenvalue weighted by Crippen LogP contribution is -2.41. The highest BCUT2D eigenvalue weighted by Gasteiger charge is 2.50. The molecular weight excluding hydrogens is 465 g/mol. The average molecular weight is 484 g/mol. The molecule has 0 radical (unpaired) electrons. The third-order valence-corrected chi connectivity index (χ3v) is 6.28. The van der Waals surface area contributed by atoms with Gasteiger partial charge in [-0.15, -0.1) is 10.2 Å². The fourth-order valence-corrected chi connectivity index (χ4v) is 4.35. The zero-order valence-corrected chi connectivity index (χ0v) is 18.8. The summed E-state index contributed by atoms with van der Waals surface area (Å²) in [5.74, 6) is -0.307. The van der Waals surface area contributed by atoms with E-state index in [-0.39, 0.29) is 29.3 Å². The van der Waals surface area contributed by atoms with Gasteiger partial charge in [0.1, 0.15) is 5.54 Å². The molecule has 9 nitrogen and oxygen atoms in total. The van der Waals surface area contributed by atoms with Crippen LogP contribution in [0.25, 0.3) is 16.7 Å². The van der Waals surface area contributed by atoms with Gasteiger partial charge in [0.05, 0.1) is 23.0 Å². The first-order valence-electron chi connectivity index (χ1n) is 10.6. The number of amides is 3. The van der Waals surface area contributed by atoms with Gasteiger partial charge in [-0.05, 0) is 43.7 Å². The Labute approximate surface area is 195 Å². The van der Waals surface area contributed by atoms with Crippen LogP contribution < -0.4 is 10.9 Å². The molecule has 2 aromatic carbocycles. The summed E-state index contributed by atoms with van der Waals surface area (Å²) in [4.78, 5) is 39.8. The number of nitrogens with one attached hydrogen (secondary N) is 1.